The quantitative estimate of drug-likeness (QED) is 0.644. The van der Waals surface area contributed by atoms with Crippen LogP contribution in [0.25, 0.3) is 0 Å². The van der Waals surface area contributed by atoms with Crippen molar-refractivity contribution < 1.29 is 18.4 Å². The molecule has 8 heteroatoms. The van der Waals surface area contributed by atoms with Crippen LogP contribution in [0.5, 0.6) is 0 Å². The normalized spacial score (nSPS) is 10.4. The molecular formula is C20H16F2N4O2. The fourth-order valence-electron chi connectivity index (χ4n) is 2.45. The van der Waals surface area contributed by atoms with Gasteiger partial charge in [-0.05, 0) is 50.2 Å². The molecule has 1 aromatic heterocycles. The zero-order valence-electron chi connectivity index (χ0n) is 15.1. The van der Waals surface area contributed by atoms with Gasteiger partial charge in [-0.15, -0.1) is 0 Å². The molecule has 1 amide bonds. The van der Waals surface area contributed by atoms with Gasteiger partial charge in [0, 0.05) is 29.1 Å². The molecule has 0 saturated heterocycles. The first-order valence-electron chi connectivity index (χ1n) is 8.32. The Hall–Kier alpha value is -3.68. The van der Waals surface area contributed by atoms with Crippen LogP contribution in [0.2, 0.25) is 0 Å². The minimum absolute atomic E-state index is 0.0411. The van der Waals surface area contributed by atoms with Gasteiger partial charge < -0.3 is 10.6 Å². The van der Waals surface area contributed by atoms with Crippen molar-refractivity contribution in [1.82, 2.24) is 9.97 Å². The molecule has 142 valence electrons. The number of Topliss-reactive ketones (excluding diaryl/α,β-unsaturated/α-hetero) is 1. The summed E-state index contributed by atoms with van der Waals surface area (Å²) in [6.45, 7) is 3.10. The van der Waals surface area contributed by atoms with Gasteiger partial charge in [-0.25, -0.2) is 18.7 Å². The lowest BCUT2D eigenvalue weighted by Gasteiger charge is -2.10. The molecule has 0 aliphatic rings. The Bertz CT molecular complexity index is 1050. The van der Waals surface area contributed by atoms with Crippen LogP contribution in [-0.2, 0) is 0 Å². The summed E-state index contributed by atoms with van der Waals surface area (Å²) < 4.78 is 26.3. The first-order valence-corrected chi connectivity index (χ1v) is 8.32. The van der Waals surface area contributed by atoms with E-state index in [9.17, 15) is 18.4 Å². The van der Waals surface area contributed by atoms with Gasteiger partial charge in [-0.1, -0.05) is 0 Å². The van der Waals surface area contributed by atoms with E-state index in [2.05, 4.69) is 20.6 Å². The van der Waals surface area contributed by atoms with Gasteiger partial charge in [0.25, 0.3) is 5.91 Å². The predicted octanol–water partition coefficient (Wildman–Crippen LogP) is 4.26. The molecule has 0 spiro atoms. The fraction of sp³-hybridized carbons (Fsp3) is 0.100. The Morgan fingerprint density at radius 1 is 0.893 bits per heavy atom. The van der Waals surface area contributed by atoms with Crippen LogP contribution in [0.15, 0.2) is 48.5 Å². The highest BCUT2D eigenvalue weighted by atomic mass is 19.2. The number of anilines is 3. The average Bonchev–Trinajstić information content (AvgIpc) is 2.64. The lowest BCUT2D eigenvalue weighted by atomic mass is 10.1. The molecule has 0 radical (unpaired) electrons. The van der Waals surface area contributed by atoms with E-state index < -0.39 is 17.5 Å². The summed E-state index contributed by atoms with van der Waals surface area (Å²) in [6, 6.07) is 11.3. The Morgan fingerprint density at radius 2 is 1.57 bits per heavy atom. The molecule has 3 aromatic rings. The molecule has 0 bridgehead atoms. The molecule has 3 rings (SSSR count). The second kappa shape index (κ2) is 7.91. The van der Waals surface area contributed by atoms with Gasteiger partial charge in [0.05, 0.1) is 0 Å². The topological polar surface area (TPSA) is 84.0 Å². The molecular weight excluding hydrogens is 366 g/mol. The molecule has 2 aromatic carbocycles. The van der Waals surface area contributed by atoms with Crippen LogP contribution >= 0.6 is 0 Å². The summed E-state index contributed by atoms with van der Waals surface area (Å²) in [5.41, 5.74) is 1.42. The third-order valence-corrected chi connectivity index (χ3v) is 3.81. The molecule has 1 heterocycles. The number of carbonyl (C=O) groups is 2. The lowest BCUT2D eigenvalue weighted by molar-refractivity contribution is 0.101. The summed E-state index contributed by atoms with van der Waals surface area (Å²) in [4.78, 5) is 32.0. The van der Waals surface area contributed by atoms with Gasteiger partial charge in [-0.2, -0.15) is 0 Å². The summed E-state index contributed by atoms with van der Waals surface area (Å²) in [5.74, 6) is -1.97. The molecule has 0 aliphatic carbocycles. The summed E-state index contributed by atoms with van der Waals surface area (Å²) >= 11 is 0. The highest BCUT2D eigenvalue weighted by Crippen LogP contribution is 2.18. The van der Waals surface area contributed by atoms with Crippen molar-refractivity contribution in [2.45, 2.75) is 13.8 Å². The van der Waals surface area contributed by atoms with Crippen LogP contribution < -0.4 is 10.6 Å². The number of carbonyl (C=O) groups excluding carboxylic acids is 2. The Labute approximate surface area is 159 Å². The maximum Gasteiger partial charge on any atom is 0.274 e. The Kier molecular flexibility index (Phi) is 5.39. The van der Waals surface area contributed by atoms with Crippen LogP contribution in [-0.4, -0.2) is 21.7 Å². The number of ketones is 1. The number of hydrogen-bond acceptors (Lipinski definition) is 5. The summed E-state index contributed by atoms with van der Waals surface area (Å²) in [7, 11) is 0. The maximum atomic E-state index is 13.3. The van der Waals surface area contributed by atoms with Crippen molar-refractivity contribution in [3.8, 4) is 0 Å². The fourth-order valence-corrected chi connectivity index (χ4v) is 2.45. The number of amides is 1. The Balaban J connectivity index is 1.79. The van der Waals surface area contributed by atoms with Crippen molar-refractivity contribution in [2.75, 3.05) is 10.6 Å². The molecule has 0 aliphatic heterocycles. The van der Waals surface area contributed by atoms with Crippen molar-refractivity contribution in [2.24, 2.45) is 0 Å². The first-order chi connectivity index (χ1) is 13.3. The van der Waals surface area contributed by atoms with Crippen LogP contribution in [0.3, 0.4) is 0 Å². The third kappa shape index (κ3) is 4.53. The maximum absolute atomic E-state index is 13.3. The van der Waals surface area contributed by atoms with Crippen LogP contribution in [0.4, 0.5) is 26.0 Å². The highest BCUT2D eigenvalue weighted by molar-refractivity contribution is 6.03. The molecule has 6 nitrogen and oxygen atoms in total. The van der Waals surface area contributed by atoms with Crippen molar-refractivity contribution in [3.05, 3.63) is 77.2 Å². The summed E-state index contributed by atoms with van der Waals surface area (Å²) in [6.07, 6.45) is 0. The minimum atomic E-state index is -1.06. The molecule has 0 saturated carbocycles. The lowest BCUT2D eigenvalue weighted by Crippen LogP contribution is -2.15. The number of hydrogen-bond donors (Lipinski definition) is 2. The van der Waals surface area contributed by atoms with Gasteiger partial charge >= 0.3 is 0 Å². The van der Waals surface area contributed by atoms with Gasteiger partial charge in [-0.3, -0.25) is 9.59 Å². The largest absolute Gasteiger partial charge is 0.340 e. The minimum Gasteiger partial charge on any atom is -0.340 e. The van der Waals surface area contributed by atoms with Crippen molar-refractivity contribution >= 4 is 28.9 Å². The van der Waals surface area contributed by atoms with Crippen LogP contribution in [0, 0.1) is 18.6 Å². The second-order valence-electron chi connectivity index (χ2n) is 6.03. The van der Waals surface area contributed by atoms with E-state index in [0.717, 1.165) is 12.1 Å². The van der Waals surface area contributed by atoms with Crippen molar-refractivity contribution in [3.63, 3.8) is 0 Å². The number of aryl methyl sites for hydroxylation is 1. The van der Waals surface area contributed by atoms with Crippen LogP contribution in [0.1, 0.15) is 33.6 Å². The average molecular weight is 382 g/mol. The molecule has 2 N–H and O–H groups in total. The van der Waals surface area contributed by atoms with Gasteiger partial charge in [0.15, 0.2) is 17.4 Å². The standard InChI is InChI=1S/C20H16F2N4O2/c1-11(27)13-3-5-14(6-4-13)25-19-10-18(23-12(2)24-19)20(28)26-15-7-8-16(21)17(22)9-15/h3-10H,1-2H3,(H,26,28)(H,23,24,25). The molecule has 0 fully saturated rings. The van der Waals surface area contributed by atoms with E-state index in [-0.39, 0.29) is 17.2 Å². The van der Waals surface area contributed by atoms with Gasteiger partial charge in [0.2, 0.25) is 0 Å². The SMILES string of the molecule is CC(=O)c1ccc(Nc2cc(C(=O)Nc3ccc(F)c(F)c3)nc(C)n2)cc1. The smallest absolute Gasteiger partial charge is 0.274 e. The zero-order valence-corrected chi connectivity index (χ0v) is 15.1. The number of rotatable bonds is 5. The van der Waals surface area contributed by atoms with Crippen molar-refractivity contribution in [1.29, 1.82) is 0 Å². The number of aromatic nitrogens is 2. The van der Waals surface area contributed by atoms with Gasteiger partial charge in [0.1, 0.15) is 17.3 Å². The number of benzene rings is 2. The van der Waals surface area contributed by atoms with E-state index in [1.807, 2.05) is 0 Å². The molecule has 0 atom stereocenters. The number of nitrogens with one attached hydrogen (secondary N) is 2. The zero-order chi connectivity index (χ0) is 20.3. The second-order valence-corrected chi connectivity index (χ2v) is 6.03. The predicted molar refractivity (Wildman–Crippen MR) is 101 cm³/mol. The van der Waals surface area contributed by atoms with E-state index >= 15 is 0 Å². The third-order valence-electron chi connectivity index (χ3n) is 3.81. The first kappa shape index (κ1) is 19.1. The number of halogens is 2. The molecule has 0 unspecified atom stereocenters. The summed E-state index contributed by atoms with van der Waals surface area (Å²) in [5, 5.41) is 5.50. The van der Waals surface area contributed by atoms with E-state index in [1.54, 1.807) is 31.2 Å². The van der Waals surface area contributed by atoms with E-state index in [1.165, 1.54) is 19.1 Å². The van der Waals surface area contributed by atoms with E-state index in [0.29, 0.717) is 22.9 Å². The number of nitrogens with zero attached hydrogens (tertiary/aromatic N) is 2. The Morgan fingerprint density at radius 3 is 2.21 bits per heavy atom. The van der Waals surface area contributed by atoms with E-state index in [4.69, 9.17) is 0 Å². The highest BCUT2D eigenvalue weighted by Gasteiger charge is 2.13. The molecule has 28 heavy (non-hydrogen) atoms. The monoisotopic (exact) mass is 382 g/mol.